The van der Waals surface area contributed by atoms with Gasteiger partial charge in [0, 0.05) is 26.7 Å². The Balaban J connectivity index is 2.22. The molecule has 0 aliphatic carbocycles. The first-order valence-electron chi connectivity index (χ1n) is 6.93. The molecule has 21 heavy (non-hydrogen) atoms. The van der Waals surface area contributed by atoms with Gasteiger partial charge in [-0.2, -0.15) is 4.31 Å². The first-order valence-corrected chi connectivity index (χ1v) is 8.37. The number of benzene rings is 1. The highest BCUT2D eigenvalue weighted by Gasteiger charge is 2.29. The Morgan fingerprint density at radius 3 is 2.48 bits per heavy atom. The summed E-state index contributed by atoms with van der Waals surface area (Å²) in [4.78, 5) is 13.7. The van der Waals surface area contributed by atoms with Crippen LogP contribution in [0, 0.1) is 0 Å². The minimum absolute atomic E-state index is 0.0862. The summed E-state index contributed by atoms with van der Waals surface area (Å²) >= 11 is 0. The molecule has 1 aromatic carbocycles. The van der Waals surface area contributed by atoms with Gasteiger partial charge in [0.25, 0.3) is 0 Å². The summed E-state index contributed by atoms with van der Waals surface area (Å²) in [7, 11) is -0.0713. The van der Waals surface area contributed by atoms with Crippen molar-refractivity contribution in [3.8, 4) is 0 Å². The zero-order chi connectivity index (χ0) is 15.5. The Bertz CT molecular complexity index is 598. The lowest BCUT2D eigenvalue weighted by Crippen LogP contribution is -2.38. The Kier molecular flexibility index (Phi) is 4.97. The molecule has 0 radical (unpaired) electrons. The molecular weight excluding hydrogens is 290 g/mol. The molecule has 116 valence electrons. The van der Waals surface area contributed by atoms with E-state index < -0.39 is 10.0 Å². The molecule has 6 nitrogen and oxygen atoms in total. The van der Waals surface area contributed by atoms with E-state index in [1.54, 1.807) is 36.2 Å². The number of sulfonamides is 1. The summed E-state index contributed by atoms with van der Waals surface area (Å²) in [6, 6.07) is 6.77. The summed E-state index contributed by atoms with van der Waals surface area (Å²) in [5.74, 6) is -0.164. The van der Waals surface area contributed by atoms with Gasteiger partial charge >= 0.3 is 0 Å². The number of rotatable bonds is 4. The lowest BCUT2D eigenvalue weighted by atomic mass is 10.2. The predicted octanol–water partition coefficient (Wildman–Crippen LogP) is 0.259. The van der Waals surface area contributed by atoms with Crippen molar-refractivity contribution in [2.45, 2.75) is 17.9 Å². The van der Waals surface area contributed by atoms with Gasteiger partial charge in [-0.25, -0.2) is 8.42 Å². The van der Waals surface area contributed by atoms with Gasteiger partial charge in [0.1, 0.15) is 0 Å². The summed E-state index contributed by atoms with van der Waals surface area (Å²) in [6.45, 7) is 1.56. The molecule has 1 aliphatic heterocycles. The topological polar surface area (TPSA) is 69.7 Å². The van der Waals surface area contributed by atoms with Gasteiger partial charge in [-0.3, -0.25) is 4.79 Å². The van der Waals surface area contributed by atoms with Crippen molar-refractivity contribution in [2.75, 3.05) is 33.7 Å². The van der Waals surface area contributed by atoms with Gasteiger partial charge in [0.05, 0.1) is 11.4 Å². The van der Waals surface area contributed by atoms with E-state index >= 15 is 0 Å². The maximum absolute atomic E-state index is 12.6. The van der Waals surface area contributed by atoms with Gasteiger partial charge in [-0.1, -0.05) is 12.1 Å². The molecule has 1 heterocycles. The van der Waals surface area contributed by atoms with Crippen molar-refractivity contribution in [1.82, 2.24) is 14.5 Å². The van der Waals surface area contributed by atoms with Crippen LogP contribution < -0.4 is 5.32 Å². The second-order valence-corrected chi connectivity index (χ2v) is 7.12. The third-order valence-electron chi connectivity index (χ3n) is 3.58. The van der Waals surface area contributed by atoms with Crippen LogP contribution in [0.15, 0.2) is 29.2 Å². The fourth-order valence-corrected chi connectivity index (χ4v) is 3.73. The Labute approximate surface area is 125 Å². The van der Waals surface area contributed by atoms with Crippen LogP contribution in [0.1, 0.15) is 12.0 Å². The monoisotopic (exact) mass is 311 g/mol. The van der Waals surface area contributed by atoms with Crippen LogP contribution in [0.4, 0.5) is 0 Å². The highest BCUT2D eigenvalue weighted by atomic mass is 32.2. The molecule has 2 rings (SSSR count). The normalized spacial score (nSPS) is 17.8. The third-order valence-corrected chi connectivity index (χ3v) is 5.44. The van der Waals surface area contributed by atoms with Gasteiger partial charge in [-0.15, -0.1) is 0 Å². The SMILES string of the molecule is CNCc1ccc(S(=O)(=O)N2CCCN(C)C(=O)C2)cc1. The van der Waals surface area contributed by atoms with Crippen LogP contribution in [0.3, 0.4) is 0 Å². The van der Waals surface area contributed by atoms with E-state index in [0.29, 0.717) is 26.1 Å². The molecule has 0 unspecified atom stereocenters. The van der Waals surface area contributed by atoms with Gasteiger partial charge in [0.2, 0.25) is 15.9 Å². The van der Waals surface area contributed by atoms with E-state index in [1.165, 1.54) is 4.31 Å². The molecule has 7 heteroatoms. The van der Waals surface area contributed by atoms with E-state index in [1.807, 2.05) is 7.05 Å². The van der Waals surface area contributed by atoms with Crippen molar-refractivity contribution in [3.05, 3.63) is 29.8 Å². The number of carbonyl (C=O) groups is 1. The maximum atomic E-state index is 12.6. The van der Waals surface area contributed by atoms with E-state index in [4.69, 9.17) is 0 Å². The van der Waals surface area contributed by atoms with Crippen LogP contribution in [0.5, 0.6) is 0 Å². The van der Waals surface area contributed by atoms with Crippen molar-refractivity contribution in [2.24, 2.45) is 0 Å². The molecule has 0 spiro atoms. The van der Waals surface area contributed by atoms with Gasteiger partial charge < -0.3 is 10.2 Å². The second kappa shape index (κ2) is 6.55. The summed E-state index contributed by atoms with van der Waals surface area (Å²) in [5.41, 5.74) is 1.02. The van der Waals surface area contributed by atoms with Gasteiger partial charge in [-0.05, 0) is 31.2 Å². The molecule has 1 amide bonds. The minimum Gasteiger partial charge on any atom is -0.345 e. The molecule has 1 aromatic rings. The number of hydrogen-bond donors (Lipinski definition) is 1. The molecule has 0 aromatic heterocycles. The van der Waals surface area contributed by atoms with Crippen molar-refractivity contribution in [1.29, 1.82) is 0 Å². The first-order chi connectivity index (χ1) is 9.95. The molecule has 1 saturated heterocycles. The quantitative estimate of drug-likeness (QED) is 0.866. The smallest absolute Gasteiger partial charge is 0.243 e. The molecule has 0 bridgehead atoms. The molecule has 0 atom stereocenters. The highest BCUT2D eigenvalue weighted by molar-refractivity contribution is 7.89. The number of amides is 1. The number of nitrogens with one attached hydrogen (secondary N) is 1. The zero-order valence-corrected chi connectivity index (χ0v) is 13.2. The first kappa shape index (κ1) is 15.9. The van der Waals surface area contributed by atoms with Crippen LogP contribution >= 0.6 is 0 Å². The highest BCUT2D eigenvalue weighted by Crippen LogP contribution is 2.18. The zero-order valence-electron chi connectivity index (χ0n) is 12.4. The number of nitrogens with zero attached hydrogens (tertiary/aromatic N) is 2. The fraction of sp³-hybridized carbons (Fsp3) is 0.500. The number of hydrogen-bond acceptors (Lipinski definition) is 4. The van der Waals surface area contributed by atoms with Crippen molar-refractivity contribution in [3.63, 3.8) is 0 Å². The summed E-state index contributed by atoms with van der Waals surface area (Å²) in [5, 5.41) is 3.01. The van der Waals surface area contributed by atoms with Crippen LogP contribution in [-0.4, -0.2) is 57.3 Å². The Hall–Kier alpha value is -1.44. The second-order valence-electron chi connectivity index (χ2n) is 5.18. The van der Waals surface area contributed by atoms with Gasteiger partial charge in [0.15, 0.2) is 0 Å². The van der Waals surface area contributed by atoms with Crippen molar-refractivity contribution >= 4 is 15.9 Å². The molecule has 0 saturated carbocycles. The Morgan fingerprint density at radius 1 is 1.19 bits per heavy atom. The predicted molar refractivity (Wildman–Crippen MR) is 80.2 cm³/mol. The average molecular weight is 311 g/mol. The molecule has 1 N–H and O–H groups in total. The molecule has 1 fully saturated rings. The van der Waals surface area contributed by atoms with E-state index in [2.05, 4.69) is 5.32 Å². The van der Waals surface area contributed by atoms with Crippen molar-refractivity contribution < 1.29 is 13.2 Å². The largest absolute Gasteiger partial charge is 0.345 e. The standard InChI is InChI=1S/C14H21N3O3S/c1-15-10-12-4-6-13(7-5-12)21(19,20)17-9-3-8-16(2)14(18)11-17/h4-7,15H,3,8-11H2,1-2H3. The van der Waals surface area contributed by atoms with Crippen LogP contribution in [-0.2, 0) is 21.4 Å². The number of likely N-dealkylation sites (N-methyl/N-ethyl adjacent to an activating group) is 1. The Morgan fingerprint density at radius 2 is 1.86 bits per heavy atom. The van der Waals surface area contributed by atoms with Crippen LogP contribution in [0.25, 0.3) is 0 Å². The minimum atomic E-state index is -3.61. The lowest BCUT2D eigenvalue weighted by Gasteiger charge is -2.19. The molecular formula is C14H21N3O3S. The summed E-state index contributed by atoms with van der Waals surface area (Å²) < 4.78 is 26.5. The fourth-order valence-electron chi connectivity index (χ4n) is 2.30. The average Bonchev–Trinajstić information content (AvgIpc) is 2.63. The van der Waals surface area contributed by atoms with E-state index in [-0.39, 0.29) is 17.3 Å². The summed E-state index contributed by atoms with van der Waals surface area (Å²) in [6.07, 6.45) is 0.652. The van der Waals surface area contributed by atoms with Crippen LogP contribution in [0.2, 0.25) is 0 Å². The van der Waals surface area contributed by atoms with E-state index in [9.17, 15) is 13.2 Å². The molecule has 1 aliphatic rings. The lowest BCUT2D eigenvalue weighted by molar-refractivity contribution is -0.129. The number of carbonyl (C=O) groups excluding carboxylic acids is 1. The third kappa shape index (κ3) is 3.61. The van der Waals surface area contributed by atoms with E-state index in [0.717, 1.165) is 5.56 Å². The maximum Gasteiger partial charge on any atom is 0.243 e.